The zero-order chi connectivity index (χ0) is 25.4. The molecule has 0 fully saturated rings. The minimum absolute atomic E-state index is 0.0219. The smallest absolute Gasteiger partial charge is 0.249 e. The van der Waals surface area contributed by atoms with Crippen molar-refractivity contribution in [2.24, 2.45) is 5.73 Å². The number of amides is 1. The highest BCUT2D eigenvalue weighted by Gasteiger charge is 2.19. The summed E-state index contributed by atoms with van der Waals surface area (Å²) >= 11 is 0. The molecular weight excluding hydrogens is 456 g/mol. The van der Waals surface area contributed by atoms with E-state index in [9.17, 15) is 9.59 Å². The van der Waals surface area contributed by atoms with Crippen LogP contribution in [0, 0.1) is 6.07 Å². The second kappa shape index (κ2) is 9.25. The summed E-state index contributed by atoms with van der Waals surface area (Å²) < 4.78 is 2.15. The molecule has 0 atom stereocenters. The molecule has 2 N–H and O–H groups in total. The Morgan fingerprint density at radius 2 is 1.38 bits per heavy atom. The molecule has 0 bridgehead atoms. The van der Waals surface area contributed by atoms with Gasteiger partial charge < -0.3 is 10.3 Å². The minimum Gasteiger partial charge on any atom is -0.366 e. The third kappa shape index (κ3) is 3.99. The van der Waals surface area contributed by atoms with Crippen LogP contribution in [0.5, 0.6) is 0 Å². The summed E-state index contributed by atoms with van der Waals surface area (Å²) in [5.74, 6) is -0.504. The fraction of sp³-hybridized carbons (Fsp3) is 0.0303. The van der Waals surface area contributed by atoms with Crippen molar-refractivity contribution in [2.75, 3.05) is 0 Å². The maximum atomic E-state index is 13.4. The van der Waals surface area contributed by atoms with E-state index in [2.05, 4.69) is 28.8 Å². The van der Waals surface area contributed by atoms with E-state index in [1.807, 2.05) is 91.0 Å². The number of hydrogen-bond donors (Lipinski definition) is 1. The Hall–Kier alpha value is -4.96. The molecule has 0 aliphatic carbocycles. The maximum Gasteiger partial charge on any atom is 0.249 e. The predicted molar refractivity (Wildman–Crippen MR) is 148 cm³/mol. The largest absolute Gasteiger partial charge is 0.366 e. The van der Waals surface area contributed by atoms with Gasteiger partial charge in [-0.1, -0.05) is 91.0 Å². The van der Waals surface area contributed by atoms with Crippen molar-refractivity contribution < 1.29 is 9.59 Å². The summed E-state index contributed by atoms with van der Waals surface area (Å²) in [4.78, 5) is 25.8. The van der Waals surface area contributed by atoms with Gasteiger partial charge in [0.05, 0.1) is 11.0 Å². The number of fused-ring (bicyclic) bond motifs is 3. The molecule has 1 heterocycles. The van der Waals surface area contributed by atoms with E-state index >= 15 is 0 Å². The molecule has 5 aromatic carbocycles. The summed E-state index contributed by atoms with van der Waals surface area (Å²) in [5, 5.41) is 1.60. The fourth-order valence-corrected chi connectivity index (χ4v) is 5.02. The van der Waals surface area contributed by atoms with Gasteiger partial charge in [-0.3, -0.25) is 9.59 Å². The number of rotatable bonds is 6. The van der Waals surface area contributed by atoms with Gasteiger partial charge in [0, 0.05) is 34.0 Å². The molecule has 0 saturated carbocycles. The Bertz CT molecular complexity index is 1780. The van der Waals surface area contributed by atoms with Gasteiger partial charge in [-0.15, -0.1) is 0 Å². The monoisotopic (exact) mass is 479 g/mol. The van der Waals surface area contributed by atoms with Crippen LogP contribution >= 0.6 is 0 Å². The van der Waals surface area contributed by atoms with E-state index in [1.54, 1.807) is 6.07 Å². The first-order valence-corrected chi connectivity index (χ1v) is 12.1. The Labute approximate surface area is 214 Å². The zero-order valence-electron chi connectivity index (χ0n) is 20.0. The Kier molecular flexibility index (Phi) is 5.62. The summed E-state index contributed by atoms with van der Waals surface area (Å²) in [6.45, 7) is 0.447. The second-order valence-corrected chi connectivity index (χ2v) is 9.02. The highest BCUT2D eigenvalue weighted by atomic mass is 16.1. The molecule has 1 radical (unpaired) electrons. The van der Waals surface area contributed by atoms with E-state index in [1.165, 1.54) is 0 Å². The summed E-state index contributed by atoms with van der Waals surface area (Å²) in [5.41, 5.74) is 12.3. The molecule has 4 heteroatoms. The normalized spacial score (nSPS) is 11.1. The van der Waals surface area contributed by atoms with Crippen LogP contribution in [-0.2, 0) is 6.54 Å². The number of nitrogens with zero attached hydrogens (tertiary/aromatic N) is 1. The molecule has 1 amide bonds. The lowest BCUT2D eigenvalue weighted by Crippen LogP contribution is -2.11. The van der Waals surface area contributed by atoms with Gasteiger partial charge in [-0.05, 0) is 47.0 Å². The van der Waals surface area contributed by atoms with Crippen molar-refractivity contribution in [1.82, 2.24) is 4.57 Å². The van der Waals surface area contributed by atoms with Crippen LogP contribution in [0.25, 0.3) is 32.9 Å². The SMILES string of the molecule is NC(=O)c1cccc2c1c1[c]cc(-c3ccccc3)cc1n2Cc1ccccc1C(=O)c1ccccc1. The maximum absolute atomic E-state index is 13.4. The molecule has 1 aromatic heterocycles. The number of carbonyl (C=O) groups is 2. The number of nitrogens with two attached hydrogens (primary N) is 1. The molecule has 6 rings (SSSR count). The Morgan fingerprint density at radius 3 is 2.14 bits per heavy atom. The lowest BCUT2D eigenvalue weighted by molar-refractivity contribution is 0.1000. The van der Waals surface area contributed by atoms with Crippen LogP contribution < -0.4 is 5.73 Å². The lowest BCUT2D eigenvalue weighted by atomic mass is 9.98. The first-order chi connectivity index (χ1) is 18.1. The van der Waals surface area contributed by atoms with Crippen molar-refractivity contribution in [3.05, 3.63) is 144 Å². The average molecular weight is 480 g/mol. The number of primary amides is 1. The molecule has 0 unspecified atom stereocenters. The highest BCUT2D eigenvalue weighted by molar-refractivity contribution is 6.18. The molecule has 6 aromatic rings. The number of aromatic nitrogens is 1. The standard InChI is InChI=1S/C33H23N2O2/c34-33(37)28-16-9-17-29-31(28)27-19-18-24(22-10-3-1-4-11-22)20-30(27)35(29)21-25-14-7-8-15-26(25)32(36)23-12-5-2-6-13-23/h1-18,20H,21H2,(H2,34,37). The molecule has 0 spiro atoms. The van der Waals surface area contributed by atoms with Crippen molar-refractivity contribution in [1.29, 1.82) is 0 Å². The third-order valence-electron chi connectivity index (χ3n) is 6.79. The van der Waals surface area contributed by atoms with Gasteiger partial charge in [-0.25, -0.2) is 0 Å². The third-order valence-corrected chi connectivity index (χ3v) is 6.79. The number of carbonyl (C=O) groups excluding carboxylic acids is 2. The average Bonchev–Trinajstić information content (AvgIpc) is 3.26. The molecule has 177 valence electrons. The van der Waals surface area contributed by atoms with Gasteiger partial charge in [0.25, 0.3) is 0 Å². The van der Waals surface area contributed by atoms with Crippen LogP contribution in [0.3, 0.4) is 0 Å². The summed E-state index contributed by atoms with van der Waals surface area (Å²) in [6.07, 6.45) is 0. The highest BCUT2D eigenvalue weighted by Crippen LogP contribution is 2.35. The van der Waals surface area contributed by atoms with Gasteiger partial charge in [0.2, 0.25) is 5.91 Å². The van der Waals surface area contributed by atoms with E-state index < -0.39 is 5.91 Å². The van der Waals surface area contributed by atoms with Gasteiger partial charge in [0.15, 0.2) is 5.78 Å². The number of benzene rings is 5. The topological polar surface area (TPSA) is 65.1 Å². The quantitative estimate of drug-likeness (QED) is 0.272. The van der Waals surface area contributed by atoms with Gasteiger partial charge in [-0.2, -0.15) is 0 Å². The van der Waals surface area contributed by atoms with Crippen molar-refractivity contribution in [3.63, 3.8) is 0 Å². The van der Waals surface area contributed by atoms with E-state index in [0.29, 0.717) is 23.2 Å². The molecule has 0 aliphatic rings. The molecule has 0 saturated heterocycles. The van der Waals surface area contributed by atoms with Crippen LogP contribution in [0.1, 0.15) is 31.8 Å². The predicted octanol–water partition coefficient (Wildman–Crippen LogP) is 6.64. The summed E-state index contributed by atoms with van der Waals surface area (Å²) in [6, 6.07) is 40.2. The molecule has 37 heavy (non-hydrogen) atoms. The van der Waals surface area contributed by atoms with E-state index in [4.69, 9.17) is 5.73 Å². The van der Waals surface area contributed by atoms with Crippen LogP contribution in [-0.4, -0.2) is 16.3 Å². The molecule has 4 nitrogen and oxygen atoms in total. The number of ketones is 1. The van der Waals surface area contributed by atoms with Crippen molar-refractivity contribution in [3.8, 4) is 11.1 Å². The summed E-state index contributed by atoms with van der Waals surface area (Å²) in [7, 11) is 0. The van der Waals surface area contributed by atoms with Crippen LogP contribution in [0.4, 0.5) is 0 Å². The van der Waals surface area contributed by atoms with E-state index in [-0.39, 0.29) is 5.78 Å². The number of hydrogen-bond acceptors (Lipinski definition) is 2. The molecular formula is C33H23N2O2. The van der Waals surface area contributed by atoms with Crippen molar-refractivity contribution in [2.45, 2.75) is 6.54 Å². The first kappa shape index (κ1) is 22.5. The Balaban J connectivity index is 1.58. The first-order valence-electron chi connectivity index (χ1n) is 12.1. The zero-order valence-corrected chi connectivity index (χ0v) is 20.0. The Morgan fingerprint density at radius 1 is 0.703 bits per heavy atom. The lowest BCUT2D eigenvalue weighted by Gasteiger charge is -2.13. The van der Waals surface area contributed by atoms with Gasteiger partial charge >= 0.3 is 0 Å². The second-order valence-electron chi connectivity index (χ2n) is 9.02. The van der Waals surface area contributed by atoms with Crippen LogP contribution in [0.2, 0.25) is 0 Å². The van der Waals surface area contributed by atoms with Crippen LogP contribution in [0.15, 0.2) is 115 Å². The van der Waals surface area contributed by atoms with Gasteiger partial charge in [0.1, 0.15) is 0 Å². The minimum atomic E-state index is -0.482. The molecule has 0 aliphatic heterocycles. The van der Waals surface area contributed by atoms with E-state index in [0.717, 1.165) is 38.5 Å². The van der Waals surface area contributed by atoms with Crippen molar-refractivity contribution >= 4 is 33.5 Å². The fourth-order valence-electron chi connectivity index (χ4n) is 5.02.